The summed E-state index contributed by atoms with van der Waals surface area (Å²) in [5, 5.41) is 19.0. The summed E-state index contributed by atoms with van der Waals surface area (Å²) >= 11 is 22.8. The van der Waals surface area contributed by atoms with E-state index in [1.54, 1.807) is 62.5 Å². The number of halogens is 4. The third kappa shape index (κ3) is 17.2. The summed E-state index contributed by atoms with van der Waals surface area (Å²) in [5.41, 5.74) is 12.8. The van der Waals surface area contributed by atoms with Crippen molar-refractivity contribution in [2.45, 2.75) is 69.7 Å². The molecule has 0 bridgehead atoms. The number of carbonyl (C=O) groups is 3. The van der Waals surface area contributed by atoms with Crippen LogP contribution in [-0.4, -0.2) is 93.3 Å². The zero-order valence-electron chi connectivity index (χ0n) is 36.1. The molecule has 5 rings (SSSR count). The summed E-state index contributed by atoms with van der Waals surface area (Å²) in [4.78, 5) is 54.8. The van der Waals surface area contributed by atoms with Crippen LogP contribution < -0.4 is 21.1 Å². The highest BCUT2D eigenvalue weighted by molar-refractivity contribution is 7.57. The Bertz CT molecular complexity index is 2160. The monoisotopic (exact) mass is 991 g/mol. The molecule has 0 aliphatic carbocycles. The topological polar surface area (TPSA) is 251 Å². The van der Waals surface area contributed by atoms with Gasteiger partial charge < -0.3 is 45.0 Å². The van der Waals surface area contributed by atoms with E-state index in [1.165, 1.54) is 23.7 Å². The zero-order valence-corrected chi connectivity index (χ0v) is 40.0. The van der Waals surface area contributed by atoms with Gasteiger partial charge in [0.2, 0.25) is 5.91 Å². The van der Waals surface area contributed by atoms with E-state index in [1.807, 2.05) is 30.3 Å². The van der Waals surface area contributed by atoms with E-state index in [2.05, 4.69) is 13.8 Å². The maximum atomic E-state index is 12.0. The molecule has 3 aromatic carbocycles. The smallest absolute Gasteiger partial charge is 0.320 e. The number of benzene rings is 3. The van der Waals surface area contributed by atoms with Crippen molar-refractivity contribution in [1.29, 1.82) is 0 Å². The van der Waals surface area contributed by atoms with Crippen molar-refractivity contribution >= 4 is 88.6 Å². The van der Waals surface area contributed by atoms with Crippen LogP contribution in [0.5, 0.6) is 11.5 Å². The Morgan fingerprint density at radius 3 is 2.12 bits per heavy atom. The number of furan rings is 1. The largest absolute Gasteiger partial charge is 0.480 e. The van der Waals surface area contributed by atoms with Gasteiger partial charge in [-0.3, -0.25) is 34.0 Å². The van der Waals surface area contributed by atoms with Crippen molar-refractivity contribution in [2.24, 2.45) is 5.73 Å². The Kier molecular flexibility index (Phi) is 23.1. The van der Waals surface area contributed by atoms with Gasteiger partial charge in [0.15, 0.2) is 12.2 Å². The van der Waals surface area contributed by atoms with Crippen LogP contribution in [0.1, 0.15) is 57.1 Å². The van der Waals surface area contributed by atoms with Crippen molar-refractivity contribution in [1.82, 2.24) is 4.90 Å². The Morgan fingerprint density at radius 2 is 1.66 bits per heavy atom. The summed E-state index contributed by atoms with van der Waals surface area (Å²) in [6.45, 7) is 9.54. The molecule has 6 N–H and O–H groups in total. The number of para-hydroxylation sites is 2. The zero-order chi connectivity index (χ0) is 48.4. The number of anilines is 2. The van der Waals surface area contributed by atoms with E-state index in [4.69, 9.17) is 86.5 Å². The average molecular weight is 994 g/mol. The average Bonchev–Trinajstić information content (AvgIpc) is 3.91. The molecule has 0 spiro atoms. The quantitative estimate of drug-likeness (QED) is 0.0217. The number of nitro benzene ring substituents is 1. The van der Waals surface area contributed by atoms with Gasteiger partial charge in [0.25, 0.3) is 11.6 Å². The molecular formula is C42H54Cl4N5O12P. The number of hydrogen-bond acceptors (Lipinski definition) is 12. The van der Waals surface area contributed by atoms with E-state index >= 15 is 0 Å². The number of amides is 2. The molecule has 22 heteroatoms. The van der Waals surface area contributed by atoms with Gasteiger partial charge >= 0.3 is 5.97 Å². The molecule has 1 aliphatic rings. The molecule has 352 valence electrons. The van der Waals surface area contributed by atoms with Crippen LogP contribution in [0.2, 0.25) is 5.02 Å². The highest BCUT2D eigenvalue weighted by atomic mass is 35.5. The fourth-order valence-corrected chi connectivity index (χ4v) is 7.21. The molecule has 3 atom stereocenters. The first-order valence-corrected chi connectivity index (χ1v) is 23.6. The normalized spacial score (nSPS) is 15.2. The second kappa shape index (κ2) is 26.5. The van der Waals surface area contributed by atoms with E-state index in [0.29, 0.717) is 18.1 Å². The summed E-state index contributed by atoms with van der Waals surface area (Å²) in [6.07, 6.45) is 3.04. The molecule has 17 nitrogen and oxygen atoms in total. The molecule has 1 aliphatic heterocycles. The number of nitrogen functional groups attached to an aromatic ring is 1. The molecule has 0 radical (unpaired) electrons. The van der Waals surface area contributed by atoms with Crippen molar-refractivity contribution in [2.75, 3.05) is 49.7 Å². The van der Waals surface area contributed by atoms with Crippen molar-refractivity contribution in [3.05, 3.63) is 111 Å². The van der Waals surface area contributed by atoms with Crippen LogP contribution in [-0.2, 0) is 41.3 Å². The molecule has 4 aromatic rings. The minimum atomic E-state index is -3.10. The number of aryl methyl sites for hydroxylation is 2. The highest BCUT2D eigenvalue weighted by Crippen LogP contribution is 2.40. The summed E-state index contributed by atoms with van der Waals surface area (Å²) in [6, 6.07) is 20.3. The number of carbonyl (C=O) groups excluding carboxylic acids is 2. The number of alkyl halides is 3. The fraction of sp³-hybridized carbons (Fsp3) is 0.405. The summed E-state index contributed by atoms with van der Waals surface area (Å²) < 4.78 is 32.3. The maximum absolute atomic E-state index is 12.0. The first-order valence-electron chi connectivity index (χ1n) is 19.5. The summed E-state index contributed by atoms with van der Waals surface area (Å²) in [7, 11) is -1.52. The van der Waals surface area contributed by atoms with Gasteiger partial charge in [-0.05, 0) is 74.6 Å². The first-order chi connectivity index (χ1) is 30.0. The Morgan fingerprint density at radius 1 is 1.05 bits per heavy atom. The maximum Gasteiger partial charge on any atom is 0.320 e. The number of nitro groups is 1. The van der Waals surface area contributed by atoms with E-state index in [-0.39, 0.29) is 65.3 Å². The lowest BCUT2D eigenvalue weighted by atomic mass is 10.0. The molecule has 2 heterocycles. The second-order valence-electron chi connectivity index (χ2n) is 14.3. The number of ether oxygens (including phenoxy) is 3. The molecule has 1 aromatic heterocycles. The fourth-order valence-electron chi connectivity index (χ4n) is 5.87. The number of nitrogens with two attached hydrogens (primary N) is 2. The van der Waals surface area contributed by atoms with Crippen LogP contribution in [0.25, 0.3) is 0 Å². The molecule has 2 amide bonds. The van der Waals surface area contributed by atoms with Gasteiger partial charge in [-0.25, -0.2) is 0 Å². The predicted octanol–water partition coefficient (Wildman–Crippen LogP) is 9.02. The van der Waals surface area contributed by atoms with Gasteiger partial charge in [0.1, 0.15) is 58.5 Å². The van der Waals surface area contributed by atoms with Crippen LogP contribution in [0.4, 0.5) is 17.1 Å². The number of rotatable bonds is 15. The molecular weight excluding hydrogens is 939 g/mol. The van der Waals surface area contributed by atoms with E-state index < -0.39 is 34.9 Å². The van der Waals surface area contributed by atoms with Crippen LogP contribution in [0, 0.1) is 10.1 Å². The summed E-state index contributed by atoms with van der Waals surface area (Å²) in [5.74, 6) is -0.113. The predicted molar refractivity (Wildman–Crippen MR) is 249 cm³/mol. The standard InChI is InChI=1S/C14H20ClNO2.C12H9ClN2O3.C11H13Cl2NO3.C5H12NO4P/c1-4-11-7-6-8-12(5-2)14(11)16(10-18-3)13(17)9-15;13-11-10(18-8-4-2-1-3-5-8)7-6-9(12(11)14)15(16)17;1-11(2)14(10(15)9(12)13)6-8(17-11)7-4-3-5-16-7;1-11(9,10)3-2-4(6)5(7)8/h6-8H,4-5,9-10H2,1-3H3;1-7H,14H2;3-5,8-9H,6H2,1-2H3;4H,2-3,6H2,1H3,(H,7,8)(H,9,10). The van der Waals surface area contributed by atoms with Crippen molar-refractivity contribution < 1.29 is 52.5 Å². The lowest BCUT2D eigenvalue weighted by molar-refractivity contribution is -0.383. The molecule has 1 fully saturated rings. The van der Waals surface area contributed by atoms with Crippen LogP contribution in [0.3, 0.4) is 0 Å². The third-order valence-electron chi connectivity index (χ3n) is 9.11. The third-order valence-corrected chi connectivity index (χ3v) is 11.2. The van der Waals surface area contributed by atoms with Gasteiger partial charge in [-0.2, -0.15) is 0 Å². The number of methoxy groups -OCH3 is 1. The van der Waals surface area contributed by atoms with Crippen molar-refractivity contribution in [3.63, 3.8) is 0 Å². The van der Waals surface area contributed by atoms with Gasteiger partial charge in [0.05, 0.1) is 23.4 Å². The Hall–Kier alpha value is -4.42. The number of nitrogens with zero attached hydrogens (tertiary/aromatic N) is 3. The van der Waals surface area contributed by atoms with E-state index in [9.17, 15) is 29.1 Å². The lowest BCUT2D eigenvalue weighted by Crippen LogP contribution is -2.45. The number of carboxylic acid groups (broad SMARTS) is 1. The number of carboxylic acids is 1. The highest BCUT2D eigenvalue weighted by Gasteiger charge is 2.45. The lowest BCUT2D eigenvalue weighted by Gasteiger charge is -2.29. The SMILES string of the molecule is CC1(C)OC(c2ccco2)CN1C(=O)C(Cl)Cl.CCc1cccc(CC)c1N(COC)C(=O)CCl.CP(=O)(O)CCC(N)C(=O)O.Nc1c([N+](=O)[O-])ccc(Oc2ccccc2)c1Cl. The van der Waals surface area contributed by atoms with E-state index in [0.717, 1.165) is 29.7 Å². The second-order valence-corrected chi connectivity index (χ2v) is 18.6. The number of hydrogen-bond donors (Lipinski definition) is 4. The number of aliphatic carboxylic acids is 1. The van der Waals surface area contributed by atoms with Gasteiger partial charge in [0, 0.05) is 26.0 Å². The molecule has 3 unspecified atom stereocenters. The Labute approximate surface area is 392 Å². The van der Waals surface area contributed by atoms with Crippen LogP contribution >= 0.6 is 53.8 Å². The van der Waals surface area contributed by atoms with Gasteiger partial charge in [-0.1, -0.05) is 85.0 Å². The molecule has 1 saturated heterocycles. The minimum absolute atomic E-state index is 0.0352. The Balaban J connectivity index is 0.000000298. The van der Waals surface area contributed by atoms with Gasteiger partial charge in [-0.15, -0.1) is 11.6 Å². The first kappa shape index (κ1) is 55.7. The van der Waals surface area contributed by atoms with Crippen LogP contribution in [0.15, 0.2) is 83.5 Å². The molecule has 64 heavy (non-hydrogen) atoms. The van der Waals surface area contributed by atoms with Crippen molar-refractivity contribution in [3.8, 4) is 11.5 Å². The molecule has 0 saturated carbocycles. The minimum Gasteiger partial charge on any atom is -0.480 e.